The fourth-order valence-electron chi connectivity index (χ4n) is 1.06. The average molecular weight is 245 g/mol. The molecule has 0 aliphatic carbocycles. The van der Waals surface area contributed by atoms with Crippen LogP contribution < -0.4 is 16.8 Å². The Hall–Kier alpha value is -1.63. The predicted octanol–water partition coefficient (Wildman–Crippen LogP) is -1.20. The van der Waals surface area contributed by atoms with Gasteiger partial charge < -0.3 is 21.9 Å². The number of nitrogens with two attached hydrogens (primary N) is 2. The summed E-state index contributed by atoms with van der Waals surface area (Å²) in [4.78, 5) is 33.1. The smallest absolute Gasteiger partial charge is 0.326 e. The van der Waals surface area contributed by atoms with Crippen molar-refractivity contribution >= 4 is 17.8 Å². The number of carbonyl (C=O) groups is 3. The molecule has 98 valence electrons. The number of rotatable bonds is 5. The average Bonchev–Trinajstić information content (AvgIpc) is 2.13. The van der Waals surface area contributed by atoms with Crippen molar-refractivity contribution in [2.45, 2.75) is 39.3 Å². The molecule has 0 saturated carbocycles. The number of carboxylic acids is 1. The monoisotopic (exact) mass is 245 g/mol. The van der Waals surface area contributed by atoms with Crippen LogP contribution in [0.1, 0.15) is 27.2 Å². The van der Waals surface area contributed by atoms with Gasteiger partial charge >= 0.3 is 5.97 Å². The highest BCUT2D eigenvalue weighted by atomic mass is 16.4. The van der Waals surface area contributed by atoms with E-state index in [1.54, 1.807) is 20.8 Å². The van der Waals surface area contributed by atoms with Crippen molar-refractivity contribution in [3.8, 4) is 0 Å². The van der Waals surface area contributed by atoms with Gasteiger partial charge in [0, 0.05) is 0 Å². The largest absolute Gasteiger partial charge is 0.480 e. The zero-order chi connectivity index (χ0) is 13.8. The van der Waals surface area contributed by atoms with Crippen LogP contribution in [0.5, 0.6) is 0 Å². The number of hydrogen-bond acceptors (Lipinski definition) is 4. The number of aliphatic carboxylic acids is 1. The zero-order valence-corrected chi connectivity index (χ0v) is 10.2. The van der Waals surface area contributed by atoms with Crippen molar-refractivity contribution in [2.24, 2.45) is 16.9 Å². The van der Waals surface area contributed by atoms with Crippen molar-refractivity contribution in [2.75, 3.05) is 0 Å². The summed E-state index contributed by atoms with van der Waals surface area (Å²) < 4.78 is 0. The van der Waals surface area contributed by atoms with E-state index in [1.807, 2.05) is 0 Å². The lowest BCUT2D eigenvalue weighted by atomic mass is 9.87. The van der Waals surface area contributed by atoms with Gasteiger partial charge in [-0.25, -0.2) is 4.79 Å². The van der Waals surface area contributed by atoms with Gasteiger partial charge in [-0.2, -0.15) is 0 Å². The minimum Gasteiger partial charge on any atom is -0.480 e. The first-order valence-corrected chi connectivity index (χ1v) is 5.12. The first-order chi connectivity index (χ1) is 7.55. The molecule has 0 heterocycles. The summed E-state index contributed by atoms with van der Waals surface area (Å²) >= 11 is 0. The molecule has 2 amide bonds. The van der Waals surface area contributed by atoms with Gasteiger partial charge in [0.15, 0.2) is 0 Å². The molecule has 0 aromatic heterocycles. The zero-order valence-electron chi connectivity index (χ0n) is 10.2. The van der Waals surface area contributed by atoms with E-state index in [2.05, 4.69) is 5.32 Å². The quantitative estimate of drug-likeness (QED) is 0.482. The minimum atomic E-state index is -1.34. The summed E-state index contributed by atoms with van der Waals surface area (Å²) in [6, 6.07) is -2.20. The van der Waals surface area contributed by atoms with E-state index in [1.165, 1.54) is 0 Å². The third kappa shape index (κ3) is 5.30. The molecule has 0 aliphatic heterocycles. The number of hydrogen-bond donors (Lipinski definition) is 4. The van der Waals surface area contributed by atoms with E-state index in [9.17, 15) is 14.4 Å². The molecule has 0 aliphatic rings. The molecule has 0 fully saturated rings. The Labute approximate surface area is 99.5 Å². The second kappa shape index (κ2) is 5.62. The maximum atomic E-state index is 11.6. The number of nitrogens with one attached hydrogen (secondary N) is 1. The van der Waals surface area contributed by atoms with Crippen LogP contribution in [0, 0.1) is 5.41 Å². The predicted molar refractivity (Wildman–Crippen MR) is 60.8 cm³/mol. The van der Waals surface area contributed by atoms with Crippen LogP contribution in [-0.4, -0.2) is 35.0 Å². The van der Waals surface area contributed by atoms with Crippen molar-refractivity contribution in [3.05, 3.63) is 0 Å². The number of primary amides is 1. The van der Waals surface area contributed by atoms with Crippen LogP contribution in [-0.2, 0) is 14.4 Å². The van der Waals surface area contributed by atoms with Crippen molar-refractivity contribution in [1.82, 2.24) is 5.32 Å². The Kier molecular flexibility index (Phi) is 5.09. The van der Waals surface area contributed by atoms with Gasteiger partial charge in [0.1, 0.15) is 6.04 Å². The van der Waals surface area contributed by atoms with E-state index >= 15 is 0 Å². The Morgan fingerprint density at radius 2 is 1.76 bits per heavy atom. The molecule has 0 saturated heterocycles. The van der Waals surface area contributed by atoms with Crippen LogP contribution in [0.15, 0.2) is 0 Å². The van der Waals surface area contributed by atoms with E-state index in [4.69, 9.17) is 16.6 Å². The van der Waals surface area contributed by atoms with Gasteiger partial charge in [-0.05, 0) is 5.41 Å². The van der Waals surface area contributed by atoms with E-state index in [0.29, 0.717) is 0 Å². The third-order valence-corrected chi connectivity index (χ3v) is 2.24. The molecule has 0 radical (unpaired) electrons. The highest BCUT2D eigenvalue weighted by Gasteiger charge is 2.31. The Balaban J connectivity index is 4.62. The molecule has 0 aromatic carbocycles. The number of amides is 2. The molecule has 2 atom stereocenters. The molecule has 0 rings (SSSR count). The van der Waals surface area contributed by atoms with Gasteiger partial charge in [-0.3, -0.25) is 9.59 Å². The summed E-state index contributed by atoms with van der Waals surface area (Å²) in [6.07, 6.45) is -0.460. The minimum absolute atomic E-state index is 0.460. The van der Waals surface area contributed by atoms with Crippen molar-refractivity contribution in [3.63, 3.8) is 0 Å². The third-order valence-electron chi connectivity index (χ3n) is 2.24. The lowest BCUT2D eigenvalue weighted by Crippen LogP contribution is -2.53. The summed E-state index contributed by atoms with van der Waals surface area (Å²) in [5.41, 5.74) is 10.0. The summed E-state index contributed by atoms with van der Waals surface area (Å²) in [7, 11) is 0. The summed E-state index contributed by atoms with van der Waals surface area (Å²) in [5, 5.41) is 11.0. The van der Waals surface area contributed by atoms with Crippen LogP contribution in [0.2, 0.25) is 0 Å². The maximum absolute atomic E-state index is 11.6. The van der Waals surface area contributed by atoms with Crippen LogP contribution in [0.3, 0.4) is 0 Å². The summed E-state index contributed by atoms with van der Waals surface area (Å²) in [5.74, 6) is -2.74. The van der Waals surface area contributed by atoms with Crippen LogP contribution in [0.4, 0.5) is 0 Å². The van der Waals surface area contributed by atoms with Gasteiger partial charge in [0.05, 0.1) is 12.5 Å². The molecule has 7 heteroatoms. The molecule has 17 heavy (non-hydrogen) atoms. The highest BCUT2D eigenvalue weighted by molar-refractivity contribution is 5.90. The Bertz CT molecular complexity index is 322. The fourth-order valence-corrected chi connectivity index (χ4v) is 1.06. The highest BCUT2D eigenvalue weighted by Crippen LogP contribution is 2.17. The van der Waals surface area contributed by atoms with E-state index in [-0.39, 0.29) is 0 Å². The standard InChI is InChI=1S/C10H19N3O4/c1-10(2,3)7(12)8(15)13-5(9(16)17)4-6(11)14/h5,7H,4,12H2,1-3H3,(H2,11,14)(H,13,15)(H,16,17)/t5-,7?/m0/s1. The SMILES string of the molecule is CC(C)(C)C(N)C(=O)N[C@@H](CC(N)=O)C(=O)O. The second-order valence-electron chi connectivity index (χ2n) is 4.91. The van der Waals surface area contributed by atoms with Gasteiger partial charge in [0.25, 0.3) is 0 Å². The van der Waals surface area contributed by atoms with E-state index < -0.39 is 41.7 Å². The van der Waals surface area contributed by atoms with E-state index in [0.717, 1.165) is 0 Å². The first kappa shape index (κ1) is 15.4. The lowest BCUT2D eigenvalue weighted by molar-refractivity contribution is -0.143. The summed E-state index contributed by atoms with van der Waals surface area (Å²) in [6.45, 7) is 5.25. The molecule has 0 aromatic rings. The second-order valence-corrected chi connectivity index (χ2v) is 4.91. The lowest BCUT2D eigenvalue weighted by Gasteiger charge is -2.27. The normalized spacial score (nSPS) is 14.8. The Morgan fingerprint density at radius 1 is 1.29 bits per heavy atom. The first-order valence-electron chi connectivity index (χ1n) is 5.12. The Morgan fingerprint density at radius 3 is 2.06 bits per heavy atom. The molecule has 1 unspecified atom stereocenters. The van der Waals surface area contributed by atoms with Crippen LogP contribution >= 0.6 is 0 Å². The number of carboxylic acid groups (broad SMARTS) is 1. The molecule has 0 bridgehead atoms. The molecule has 0 spiro atoms. The molecular formula is C10H19N3O4. The molecule has 7 nitrogen and oxygen atoms in total. The van der Waals surface area contributed by atoms with Crippen molar-refractivity contribution in [1.29, 1.82) is 0 Å². The molecular weight excluding hydrogens is 226 g/mol. The maximum Gasteiger partial charge on any atom is 0.326 e. The van der Waals surface area contributed by atoms with Gasteiger partial charge in [-0.1, -0.05) is 20.8 Å². The number of carbonyl (C=O) groups excluding carboxylic acids is 2. The van der Waals surface area contributed by atoms with Gasteiger partial charge in [0.2, 0.25) is 11.8 Å². The van der Waals surface area contributed by atoms with Crippen molar-refractivity contribution < 1.29 is 19.5 Å². The fraction of sp³-hybridized carbons (Fsp3) is 0.700. The van der Waals surface area contributed by atoms with Gasteiger partial charge in [-0.15, -0.1) is 0 Å². The molecule has 6 N–H and O–H groups in total. The van der Waals surface area contributed by atoms with Crippen LogP contribution in [0.25, 0.3) is 0 Å². The topological polar surface area (TPSA) is 136 Å².